The molecule has 0 unspecified atom stereocenters. The van der Waals surface area contributed by atoms with E-state index in [0.717, 1.165) is 44.8 Å². The summed E-state index contributed by atoms with van der Waals surface area (Å²) in [5.41, 5.74) is 3.05. The Labute approximate surface area is 168 Å². The normalized spacial score (nSPS) is 24.7. The largest absolute Gasteiger partial charge is 0.336 e. The molecule has 2 aliphatic rings. The van der Waals surface area contributed by atoms with E-state index in [4.69, 9.17) is 0 Å². The summed E-state index contributed by atoms with van der Waals surface area (Å²) < 4.78 is 0. The molecule has 1 amide bonds. The van der Waals surface area contributed by atoms with Crippen molar-refractivity contribution in [1.29, 1.82) is 0 Å². The quantitative estimate of drug-likeness (QED) is 0.802. The molecule has 28 heavy (non-hydrogen) atoms. The van der Waals surface area contributed by atoms with E-state index >= 15 is 0 Å². The lowest BCUT2D eigenvalue weighted by molar-refractivity contribution is 0.0741. The van der Waals surface area contributed by atoms with Gasteiger partial charge in [0.15, 0.2) is 0 Å². The van der Waals surface area contributed by atoms with E-state index in [-0.39, 0.29) is 11.3 Å². The lowest BCUT2D eigenvalue weighted by Gasteiger charge is -2.32. The standard InChI is InChI=1S/C23H30N4O/c1-18-8-7-11-24-21(18)22(28)27-14-20-13-26(12-19-9-5-4-6-10-19)16-23(20,17-27)15-25(2)3/h4-11,20H,12-17H2,1-3H3/t20-,23+/m1/s1. The molecule has 4 rings (SSSR count). The van der Waals surface area contributed by atoms with E-state index in [1.165, 1.54) is 5.56 Å². The third-order valence-electron chi connectivity index (χ3n) is 6.21. The number of amides is 1. The predicted octanol–water partition coefficient (Wildman–Crippen LogP) is 2.53. The van der Waals surface area contributed by atoms with Crippen molar-refractivity contribution in [1.82, 2.24) is 19.7 Å². The lowest BCUT2D eigenvalue weighted by Crippen LogP contribution is -2.43. The summed E-state index contributed by atoms with van der Waals surface area (Å²) in [7, 11) is 4.28. The van der Waals surface area contributed by atoms with Gasteiger partial charge >= 0.3 is 0 Å². The van der Waals surface area contributed by atoms with Crippen molar-refractivity contribution < 1.29 is 4.79 Å². The van der Waals surface area contributed by atoms with Crippen LogP contribution < -0.4 is 0 Å². The predicted molar refractivity (Wildman–Crippen MR) is 111 cm³/mol. The summed E-state index contributed by atoms with van der Waals surface area (Å²) in [6.45, 7) is 7.69. The minimum atomic E-state index is 0.0836. The van der Waals surface area contributed by atoms with Crippen LogP contribution in [0.4, 0.5) is 0 Å². The fourth-order valence-electron chi connectivity index (χ4n) is 5.12. The highest BCUT2D eigenvalue weighted by Crippen LogP contribution is 2.43. The molecule has 3 heterocycles. The summed E-state index contributed by atoms with van der Waals surface area (Å²) in [4.78, 5) is 24.4. The third-order valence-corrected chi connectivity index (χ3v) is 6.21. The number of pyridine rings is 1. The van der Waals surface area contributed by atoms with Crippen LogP contribution in [0.3, 0.4) is 0 Å². The first-order valence-corrected chi connectivity index (χ1v) is 10.1. The Hall–Kier alpha value is -2.24. The summed E-state index contributed by atoms with van der Waals surface area (Å²) in [6, 6.07) is 14.5. The van der Waals surface area contributed by atoms with Crippen LogP contribution in [0.5, 0.6) is 0 Å². The van der Waals surface area contributed by atoms with E-state index in [9.17, 15) is 4.79 Å². The highest BCUT2D eigenvalue weighted by Gasteiger charge is 2.53. The monoisotopic (exact) mass is 378 g/mol. The maximum atomic E-state index is 13.1. The van der Waals surface area contributed by atoms with E-state index < -0.39 is 0 Å². The number of aromatic nitrogens is 1. The van der Waals surface area contributed by atoms with Gasteiger partial charge in [0.2, 0.25) is 0 Å². The van der Waals surface area contributed by atoms with Gasteiger partial charge in [-0.1, -0.05) is 36.4 Å². The van der Waals surface area contributed by atoms with Crippen molar-refractivity contribution in [2.45, 2.75) is 13.5 Å². The highest BCUT2D eigenvalue weighted by atomic mass is 16.2. The molecule has 0 N–H and O–H groups in total. The van der Waals surface area contributed by atoms with Gasteiger partial charge in [-0.05, 0) is 44.1 Å². The first-order valence-electron chi connectivity index (χ1n) is 10.1. The first-order chi connectivity index (χ1) is 13.5. The Morgan fingerprint density at radius 3 is 2.64 bits per heavy atom. The molecule has 0 radical (unpaired) electrons. The first kappa shape index (κ1) is 19.1. The van der Waals surface area contributed by atoms with Crippen molar-refractivity contribution in [2.24, 2.45) is 11.3 Å². The number of hydrogen-bond acceptors (Lipinski definition) is 4. The van der Waals surface area contributed by atoms with Crippen LogP contribution in [0.1, 0.15) is 21.6 Å². The summed E-state index contributed by atoms with van der Waals surface area (Å²) in [6.07, 6.45) is 1.72. The third kappa shape index (κ3) is 3.69. The van der Waals surface area contributed by atoms with Crippen molar-refractivity contribution in [3.8, 4) is 0 Å². The van der Waals surface area contributed by atoms with Gasteiger partial charge in [0.1, 0.15) is 5.69 Å². The molecule has 0 saturated carbocycles. The van der Waals surface area contributed by atoms with Crippen molar-refractivity contribution >= 4 is 5.91 Å². The molecule has 2 saturated heterocycles. The van der Waals surface area contributed by atoms with Crippen molar-refractivity contribution in [2.75, 3.05) is 46.8 Å². The molecule has 148 valence electrons. The molecule has 5 heteroatoms. The SMILES string of the molecule is Cc1cccnc1C(=O)N1C[C@H]2CN(Cc3ccccc3)C[C@@]2(CN(C)C)C1. The van der Waals surface area contributed by atoms with Gasteiger partial charge in [0, 0.05) is 50.9 Å². The van der Waals surface area contributed by atoms with Crippen LogP contribution in [-0.2, 0) is 6.54 Å². The Morgan fingerprint density at radius 1 is 1.14 bits per heavy atom. The fourth-order valence-corrected chi connectivity index (χ4v) is 5.12. The lowest BCUT2D eigenvalue weighted by atomic mass is 9.80. The van der Waals surface area contributed by atoms with Gasteiger partial charge in [0.25, 0.3) is 5.91 Å². The second-order valence-corrected chi connectivity index (χ2v) is 8.81. The molecular formula is C23H30N4O. The number of rotatable bonds is 5. The molecular weight excluding hydrogens is 348 g/mol. The Balaban J connectivity index is 1.51. The topological polar surface area (TPSA) is 39.7 Å². The molecule has 0 bridgehead atoms. The minimum Gasteiger partial charge on any atom is -0.336 e. The summed E-state index contributed by atoms with van der Waals surface area (Å²) in [5.74, 6) is 0.590. The van der Waals surface area contributed by atoms with E-state index in [1.807, 2.05) is 24.0 Å². The number of benzene rings is 1. The zero-order chi connectivity index (χ0) is 19.7. The van der Waals surface area contributed by atoms with Gasteiger partial charge in [-0.2, -0.15) is 0 Å². The zero-order valence-electron chi connectivity index (χ0n) is 17.1. The fraction of sp³-hybridized carbons (Fsp3) is 0.478. The average molecular weight is 379 g/mol. The van der Waals surface area contributed by atoms with Crippen LogP contribution in [0.15, 0.2) is 48.7 Å². The van der Waals surface area contributed by atoms with Crippen LogP contribution in [-0.4, -0.2) is 72.4 Å². The molecule has 1 aromatic heterocycles. The Bertz CT molecular complexity index is 838. The average Bonchev–Trinajstić information content (AvgIpc) is 3.14. The Kier molecular flexibility index (Phi) is 5.21. The molecule has 0 aliphatic carbocycles. The zero-order valence-corrected chi connectivity index (χ0v) is 17.1. The van der Waals surface area contributed by atoms with E-state index in [2.05, 4.69) is 59.2 Å². The molecule has 1 aromatic carbocycles. The molecule has 2 atom stereocenters. The molecule has 2 fully saturated rings. The number of nitrogens with zero attached hydrogens (tertiary/aromatic N) is 4. The van der Waals surface area contributed by atoms with Gasteiger partial charge in [-0.25, -0.2) is 0 Å². The second kappa shape index (κ2) is 7.64. The van der Waals surface area contributed by atoms with E-state index in [1.54, 1.807) is 6.20 Å². The van der Waals surface area contributed by atoms with Gasteiger partial charge in [-0.15, -0.1) is 0 Å². The van der Waals surface area contributed by atoms with E-state index in [0.29, 0.717) is 11.6 Å². The minimum absolute atomic E-state index is 0.0836. The van der Waals surface area contributed by atoms with Crippen molar-refractivity contribution in [3.63, 3.8) is 0 Å². The number of fused-ring (bicyclic) bond motifs is 1. The molecule has 2 aliphatic heterocycles. The Morgan fingerprint density at radius 2 is 1.93 bits per heavy atom. The van der Waals surface area contributed by atoms with Crippen LogP contribution in [0.2, 0.25) is 0 Å². The van der Waals surface area contributed by atoms with Crippen LogP contribution >= 0.6 is 0 Å². The molecule has 5 nitrogen and oxygen atoms in total. The maximum absolute atomic E-state index is 13.1. The second-order valence-electron chi connectivity index (χ2n) is 8.81. The van der Waals surface area contributed by atoms with Gasteiger partial charge in [-0.3, -0.25) is 14.7 Å². The smallest absolute Gasteiger partial charge is 0.272 e. The van der Waals surface area contributed by atoms with Gasteiger partial charge < -0.3 is 9.80 Å². The number of carbonyl (C=O) groups excluding carboxylic acids is 1. The van der Waals surface area contributed by atoms with Gasteiger partial charge in [0.05, 0.1) is 0 Å². The number of likely N-dealkylation sites (tertiary alicyclic amines) is 2. The summed E-state index contributed by atoms with van der Waals surface area (Å²) >= 11 is 0. The molecule has 2 aromatic rings. The number of carbonyl (C=O) groups is 1. The number of hydrogen-bond donors (Lipinski definition) is 0. The summed E-state index contributed by atoms with van der Waals surface area (Å²) in [5, 5.41) is 0. The highest BCUT2D eigenvalue weighted by molar-refractivity contribution is 5.93. The van der Waals surface area contributed by atoms with Crippen molar-refractivity contribution in [3.05, 3.63) is 65.5 Å². The van der Waals surface area contributed by atoms with Crippen LogP contribution in [0, 0.1) is 18.3 Å². The molecule has 0 spiro atoms. The maximum Gasteiger partial charge on any atom is 0.272 e. The van der Waals surface area contributed by atoms with Crippen LogP contribution in [0.25, 0.3) is 0 Å². The number of aryl methyl sites for hydroxylation is 1.